The molecule has 1 saturated carbocycles. The maximum Gasteiger partial charge on any atom is 0.322 e. The SMILES string of the molecule is CN(C)C1(c2ccccc2)CCC2(CC1)CN(c1cnc(CN3CCOCC3)nc1)C(=O)N2. The molecule has 1 aromatic heterocycles. The smallest absolute Gasteiger partial charge is 0.322 e. The van der Waals surface area contributed by atoms with Crippen molar-refractivity contribution in [3.63, 3.8) is 0 Å². The highest BCUT2D eigenvalue weighted by molar-refractivity contribution is 5.95. The lowest BCUT2D eigenvalue weighted by molar-refractivity contribution is 0.0330. The van der Waals surface area contributed by atoms with E-state index in [1.807, 2.05) is 4.90 Å². The first-order chi connectivity index (χ1) is 16.0. The molecule has 2 amide bonds. The number of morpholine rings is 1. The Labute approximate surface area is 195 Å². The Hall–Kier alpha value is -2.55. The molecule has 0 radical (unpaired) electrons. The molecule has 5 rings (SSSR count). The van der Waals surface area contributed by atoms with Gasteiger partial charge in [-0.3, -0.25) is 14.7 Å². The molecule has 0 unspecified atom stereocenters. The summed E-state index contributed by atoms with van der Waals surface area (Å²) in [6.07, 6.45) is 7.48. The number of benzene rings is 1. The molecule has 1 aliphatic carbocycles. The summed E-state index contributed by atoms with van der Waals surface area (Å²) in [6, 6.07) is 10.7. The van der Waals surface area contributed by atoms with E-state index in [1.165, 1.54) is 5.56 Å². The van der Waals surface area contributed by atoms with Gasteiger partial charge in [-0.15, -0.1) is 0 Å². The van der Waals surface area contributed by atoms with Crippen LogP contribution in [0.3, 0.4) is 0 Å². The van der Waals surface area contributed by atoms with Crippen molar-refractivity contribution in [2.45, 2.75) is 43.3 Å². The third-order valence-corrected chi connectivity index (χ3v) is 7.75. The normalized spacial score (nSPS) is 28.5. The van der Waals surface area contributed by atoms with Crippen molar-refractivity contribution in [2.75, 3.05) is 51.8 Å². The lowest BCUT2D eigenvalue weighted by Gasteiger charge is -2.48. The van der Waals surface area contributed by atoms with Gasteiger partial charge in [0.25, 0.3) is 0 Å². The molecule has 2 aromatic rings. The predicted octanol–water partition coefficient (Wildman–Crippen LogP) is 2.61. The Bertz CT molecular complexity index is 951. The molecular weight excluding hydrogens is 416 g/mol. The molecule has 1 N–H and O–H groups in total. The van der Waals surface area contributed by atoms with E-state index >= 15 is 0 Å². The van der Waals surface area contributed by atoms with Crippen LogP contribution in [0.15, 0.2) is 42.7 Å². The monoisotopic (exact) mass is 450 g/mol. The van der Waals surface area contributed by atoms with E-state index in [0.29, 0.717) is 13.1 Å². The minimum absolute atomic E-state index is 0.00884. The molecule has 2 saturated heterocycles. The highest BCUT2D eigenvalue weighted by atomic mass is 16.5. The lowest BCUT2D eigenvalue weighted by Crippen LogP contribution is -2.54. The number of aromatic nitrogens is 2. The Morgan fingerprint density at radius 3 is 2.33 bits per heavy atom. The van der Waals surface area contributed by atoms with Crippen LogP contribution < -0.4 is 10.2 Å². The Balaban J connectivity index is 1.26. The van der Waals surface area contributed by atoms with Gasteiger partial charge in [0.05, 0.1) is 49.9 Å². The first-order valence-corrected chi connectivity index (χ1v) is 11.9. The third-order valence-electron chi connectivity index (χ3n) is 7.75. The predicted molar refractivity (Wildman–Crippen MR) is 127 cm³/mol. The average molecular weight is 451 g/mol. The second-order valence-electron chi connectivity index (χ2n) is 9.83. The van der Waals surface area contributed by atoms with Crippen molar-refractivity contribution in [1.29, 1.82) is 0 Å². The summed E-state index contributed by atoms with van der Waals surface area (Å²) in [5.41, 5.74) is 1.94. The summed E-state index contributed by atoms with van der Waals surface area (Å²) in [7, 11) is 4.33. The van der Waals surface area contributed by atoms with Gasteiger partial charge in [0, 0.05) is 18.6 Å². The van der Waals surface area contributed by atoms with Crippen LogP contribution in [0.4, 0.5) is 10.5 Å². The van der Waals surface area contributed by atoms with E-state index in [-0.39, 0.29) is 17.1 Å². The van der Waals surface area contributed by atoms with Crippen LogP contribution in [0.2, 0.25) is 0 Å². The molecule has 8 nitrogen and oxygen atoms in total. The number of anilines is 1. The summed E-state index contributed by atoms with van der Waals surface area (Å²) < 4.78 is 5.41. The zero-order valence-electron chi connectivity index (χ0n) is 19.7. The van der Waals surface area contributed by atoms with Crippen LogP contribution in [0.25, 0.3) is 0 Å². The van der Waals surface area contributed by atoms with Gasteiger partial charge >= 0.3 is 6.03 Å². The second-order valence-corrected chi connectivity index (χ2v) is 9.83. The number of rotatable bonds is 5. The average Bonchev–Trinajstić information content (AvgIpc) is 3.17. The van der Waals surface area contributed by atoms with Gasteiger partial charge < -0.3 is 10.1 Å². The summed E-state index contributed by atoms with van der Waals surface area (Å²) >= 11 is 0. The third kappa shape index (κ3) is 4.35. The fraction of sp³-hybridized carbons (Fsp3) is 0.560. The maximum atomic E-state index is 12.9. The van der Waals surface area contributed by atoms with Gasteiger partial charge in [0.1, 0.15) is 5.82 Å². The summed E-state index contributed by atoms with van der Waals surface area (Å²) in [4.78, 5) is 28.5. The number of nitrogens with one attached hydrogen (secondary N) is 1. The number of nitrogens with zero attached hydrogens (tertiary/aromatic N) is 5. The van der Waals surface area contributed by atoms with E-state index in [4.69, 9.17) is 4.74 Å². The zero-order valence-corrected chi connectivity index (χ0v) is 19.7. The van der Waals surface area contributed by atoms with E-state index < -0.39 is 0 Å². The van der Waals surface area contributed by atoms with Crippen molar-refractivity contribution in [1.82, 2.24) is 25.1 Å². The fourth-order valence-electron chi connectivity index (χ4n) is 5.61. The van der Waals surface area contributed by atoms with Gasteiger partial charge in [-0.1, -0.05) is 30.3 Å². The standard InChI is InChI=1S/C25H34N6O2/c1-29(2)25(20-6-4-3-5-7-20)10-8-24(9-11-25)19-31(23(32)28-24)21-16-26-22(27-17-21)18-30-12-14-33-15-13-30/h3-7,16-17H,8-15,18-19H2,1-2H3,(H,28,32). The number of carbonyl (C=O) groups is 1. The van der Waals surface area contributed by atoms with Crippen molar-refractivity contribution < 1.29 is 9.53 Å². The van der Waals surface area contributed by atoms with Crippen molar-refractivity contribution in [3.05, 3.63) is 54.1 Å². The summed E-state index contributed by atoms with van der Waals surface area (Å²) in [5.74, 6) is 0.784. The zero-order chi connectivity index (χ0) is 22.9. The molecule has 33 heavy (non-hydrogen) atoms. The minimum Gasteiger partial charge on any atom is -0.379 e. The number of ether oxygens (including phenoxy) is 1. The van der Waals surface area contributed by atoms with Gasteiger partial charge in [0.2, 0.25) is 0 Å². The van der Waals surface area contributed by atoms with E-state index in [2.05, 4.69) is 69.5 Å². The summed E-state index contributed by atoms with van der Waals surface area (Å²) in [5, 5.41) is 3.32. The van der Waals surface area contributed by atoms with Crippen molar-refractivity contribution >= 4 is 11.7 Å². The van der Waals surface area contributed by atoms with Crippen LogP contribution in [0, 0.1) is 0 Å². The molecular formula is C25H34N6O2. The molecule has 3 heterocycles. The molecule has 1 spiro atoms. The largest absolute Gasteiger partial charge is 0.379 e. The number of hydrogen-bond donors (Lipinski definition) is 1. The first-order valence-electron chi connectivity index (χ1n) is 11.9. The highest BCUT2D eigenvalue weighted by Gasteiger charge is 2.50. The molecule has 176 valence electrons. The van der Waals surface area contributed by atoms with E-state index in [0.717, 1.165) is 63.5 Å². The Morgan fingerprint density at radius 1 is 1.03 bits per heavy atom. The van der Waals surface area contributed by atoms with Crippen molar-refractivity contribution in [2.24, 2.45) is 0 Å². The lowest BCUT2D eigenvalue weighted by atomic mass is 9.69. The molecule has 3 aliphatic rings. The first kappa shape index (κ1) is 22.3. The molecule has 2 aliphatic heterocycles. The molecule has 0 bridgehead atoms. The molecule has 1 aromatic carbocycles. The van der Waals surface area contributed by atoms with Gasteiger partial charge in [-0.05, 0) is 45.3 Å². The van der Waals surface area contributed by atoms with Crippen molar-refractivity contribution in [3.8, 4) is 0 Å². The van der Waals surface area contributed by atoms with E-state index in [9.17, 15) is 4.79 Å². The minimum atomic E-state index is -0.197. The quantitative estimate of drug-likeness (QED) is 0.755. The summed E-state index contributed by atoms with van der Waals surface area (Å²) in [6.45, 7) is 4.70. The van der Waals surface area contributed by atoms with Gasteiger partial charge in [0.15, 0.2) is 0 Å². The number of urea groups is 1. The van der Waals surface area contributed by atoms with Crippen LogP contribution in [0.1, 0.15) is 37.1 Å². The maximum absolute atomic E-state index is 12.9. The molecule has 3 fully saturated rings. The van der Waals surface area contributed by atoms with Crippen LogP contribution in [-0.4, -0.2) is 78.3 Å². The van der Waals surface area contributed by atoms with Gasteiger partial charge in [-0.25, -0.2) is 14.8 Å². The topological polar surface area (TPSA) is 73.8 Å². The Morgan fingerprint density at radius 2 is 1.70 bits per heavy atom. The van der Waals surface area contributed by atoms with Crippen LogP contribution >= 0.6 is 0 Å². The molecule has 0 atom stereocenters. The highest BCUT2D eigenvalue weighted by Crippen LogP contribution is 2.46. The van der Waals surface area contributed by atoms with E-state index in [1.54, 1.807) is 12.4 Å². The second kappa shape index (κ2) is 9.00. The Kier molecular flexibility index (Phi) is 6.07. The number of amides is 2. The molecule has 8 heteroatoms. The number of carbonyl (C=O) groups excluding carboxylic acids is 1. The number of hydrogen-bond acceptors (Lipinski definition) is 6. The van der Waals surface area contributed by atoms with Gasteiger partial charge in [-0.2, -0.15) is 0 Å². The van der Waals surface area contributed by atoms with Crippen LogP contribution in [-0.2, 0) is 16.8 Å². The van der Waals surface area contributed by atoms with Crippen LogP contribution in [0.5, 0.6) is 0 Å². The fourth-order valence-corrected chi connectivity index (χ4v) is 5.61.